The van der Waals surface area contributed by atoms with Crippen LogP contribution in [0.15, 0.2) is 11.3 Å². The number of aliphatic hydroxyl groups is 1. The van der Waals surface area contributed by atoms with Gasteiger partial charge in [-0.3, -0.25) is 4.79 Å². The first-order valence-corrected chi connectivity index (χ1v) is 3.27. The van der Waals surface area contributed by atoms with Gasteiger partial charge in [0.05, 0.1) is 11.3 Å². The van der Waals surface area contributed by atoms with Gasteiger partial charge in [-0.1, -0.05) is 0 Å². The van der Waals surface area contributed by atoms with Gasteiger partial charge < -0.3 is 10.0 Å². The van der Waals surface area contributed by atoms with Gasteiger partial charge in [0.2, 0.25) is 0 Å². The van der Waals surface area contributed by atoms with Crippen LogP contribution in [-0.4, -0.2) is 29.5 Å². The smallest absolute Gasteiger partial charge is 0.252 e. The monoisotopic (exact) mass is 141 g/mol. The summed E-state index contributed by atoms with van der Waals surface area (Å²) in [6.07, 6.45) is 0.678. The Hall–Kier alpha value is -0.990. The summed E-state index contributed by atoms with van der Waals surface area (Å²) in [6.45, 7) is 2.28. The van der Waals surface area contributed by atoms with Crippen LogP contribution in [0.1, 0.15) is 13.3 Å². The van der Waals surface area contributed by atoms with Crippen molar-refractivity contribution in [1.82, 2.24) is 4.90 Å². The zero-order chi connectivity index (χ0) is 7.72. The van der Waals surface area contributed by atoms with Crippen molar-refractivity contribution in [3.8, 4) is 0 Å². The molecule has 10 heavy (non-hydrogen) atoms. The van der Waals surface area contributed by atoms with Crippen molar-refractivity contribution in [1.29, 1.82) is 0 Å². The van der Waals surface area contributed by atoms with Gasteiger partial charge in [-0.2, -0.15) is 0 Å². The summed E-state index contributed by atoms with van der Waals surface area (Å²) in [4.78, 5) is 12.7. The average Bonchev–Trinajstić information content (AvgIpc) is 2.14. The second-order valence-electron chi connectivity index (χ2n) is 2.54. The number of carbonyl (C=O) groups is 1. The minimum Gasteiger partial charge on any atom is -0.512 e. The number of carbonyl (C=O) groups excluding carboxylic acids is 1. The predicted octanol–water partition coefficient (Wildman–Crippen LogP) is 0.681. The topological polar surface area (TPSA) is 40.5 Å². The summed E-state index contributed by atoms with van der Waals surface area (Å²) in [5.74, 6) is 0.120. The number of allylic oxidation sites excluding steroid dienone is 1. The summed E-state index contributed by atoms with van der Waals surface area (Å²) >= 11 is 0. The van der Waals surface area contributed by atoms with Crippen LogP contribution in [0.4, 0.5) is 0 Å². The normalized spacial score (nSPS) is 23.8. The van der Waals surface area contributed by atoms with Gasteiger partial charge in [-0.05, 0) is 13.3 Å². The van der Waals surface area contributed by atoms with E-state index in [1.165, 1.54) is 0 Å². The number of rotatable bonds is 0. The molecule has 0 spiro atoms. The minimum absolute atomic E-state index is 0.0417. The second kappa shape index (κ2) is 2.33. The van der Waals surface area contributed by atoms with Gasteiger partial charge in [0.1, 0.15) is 0 Å². The summed E-state index contributed by atoms with van der Waals surface area (Å²) in [5, 5.41) is 8.97. The number of aliphatic hydroxyl groups excluding tert-OH is 1. The average molecular weight is 141 g/mol. The SMILES string of the molecule is CC(O)=C1CCN(C)C1=O. The molecule has 3 heteroatoms. The summed E-state index contributed by atoms with van der Waals surface area (Å²) in [5.41, 5.74) is 0.558. The number of likely N-dealkylation sites (tertiary alicyclic amines) is 1. The Bertz CT molecular complexity index is 192. The Morgan fingerprint density at radius 3 is 2.50 bits per heavy atom. The number of nitrogens with zero attached hydrogens (tertiary/aromatic N) is 1. The van der Waals surface area contributed by atoms with Gasteiger partial charge in [-0.15, -0.1) is 0 Å². The summed E-state index contributed by atoms with van der Waals surface area (Å²) < 4.78 is 0. The van der Waals surface area contributed by atoms with Crippen LogP contribution in [0.3, 0.4) is 0 Å². The molecule has 3 nitrogen and oxygen atoms in total. The first-order valence-electron chi connectivity index (χ1n) is 3.27. The fourth-order valence-corrected chi connectivity index (χ4v) is 1.05. The van der Waals surface area contributed by atoms with E-state index in [0.29, 0.717) is 12.0 Å². The van der Waals surface area contributed by atoms with Gasteiger partial charge >= 0.3 is 0 Å². The lowest BCUT2D eigenvalue weighted by atomic mass is 10.2. The number of likely N-dealkylation sites (N-methyl/N-ethyl adjacent to an activating group) is 1. The predicted molar refractivity (Wildman–Crippen MR) is 37.6 cm³/mol. The lowest BCUT2D eigenvalue weighted by molar-refractivity contribution is -0.123. The van der Waals surface area contributed by atoms with E-state index in [0.717, 1.165) is 6.54 Å². The molecule has 0 radical (unpaired) electrons. The van der Waals surface area contributed by atoms with E-state index in [2.05, 4.69) is 0 Å². The highest BCUT2D eigenvalue weighted by Crippen LogP contribution is 2.17. The van der Waals surface area contributed by atoms with Crippen LogP contribution in [0.5, 0.6) is 0 Å². The third-order valence-corrected chi connectivity index (χ3v) is 1.74. The fourth-order valence-electron chi connectivity index (χ4n) is 1.05. The number of amides is 1. The van der Waals surface area contributed by atoms with Crippen molar-refractivity contribution in [3.05, 3.63) is 11.3 Å². The van der Waals surface area contributed by atoms with E-state index < -0.39 is 0 Å². The molecular formula is C7H11NO2. The highest BCUT2D eigenvalue weighted by Gasteiger charge is 2.24. The highest BCUT2D eigenvalue weighted by molar-refractivity contribution is 5.95. The molecular weight excluding hydrogens is 130 g/mol. The molecule has 1 aliphatic heterocycles. The molecule has 0 bridgehead atoms. The molecule has 1 saturated heterocycles. The van der Waals surface area contributed by atoms with Gasteiger partial charge in [-0.25, -0.2) is 0 Å². The van der Waals surface area contributed by atoms with Gasteiger partial charge in [0, 0.05) is 13.6 Å². The standard InChI is InChI=1S/C7H11NO2/c1-5(9)6-3-4-8(2)7(6)10/h9H,3-4H2,1-2H3. The molecule has 1 amide bonds. The molecule has 0 atom stereocenters. The number of hydrogen-bond donors (Lipinski definition) is 1. The minimum atomic E-state index is -0.0417. The molecule has 1 aliphatic rings. The third-order valence-electron chi connectivity index (χ3n) is 1.74. The maximum Gasteiger partial charge on any atom is 0.252 e. The van der Waals surface area contributed by atoms with Crippen LogP contribution < -0.4 is 0 Å². The molecule has 0 saturated carbocycles. The molecule has 1 rings (SSSR count). The van der Waals surface area contributed by atoms with Crippen LogP contribution >= 0.6 is 0 Å². The Kier molecular flexibility index (Phi) is 1.66. The lowest BCUT2D eigenvalue weighted by Crippen LogP contribution is -2.19. The van der Waals surface area contributed by atoms with Crippen LogP contribution in [0.2, 0.25) is 0 Å². The Balaban J connectivity index is 2.86. The maximum absolute atomic E-state index is 11.1. The van der Waals surface area contributed by atoms with Crippen molar-refractivity contribution in [3.63, 3.8) is 0 Å². The van der Waals surface area contributed by atoms with E-state index in [4.69, 9.17) is 5.11 Å². The van der Waals surface area contributed by atoms with Gasteiger partial charge in [0.15, 0.2) is 0 Å². The zero-order valence-corrected chi connectivity index (χ0v) is 6.22. The van der Waals surface area contributed by atoms with E-state index in [1.54, 1.807) is 18.9 Å². The van der Waals surface area contributed by atoms with Crippen LogP contribution in [0, 0.1) is 0 Å². The van der Waals surface area contributed by atoms with Crippen molar-refractivity contribution < 1.29 is 9.90 Å². The second-order valence-corrected chi connectivity index (χ2v) is 2.54. The van der Waals surface area contributed by atoms with Gasteiger partial charge in [0.25, 0.3) is 5.91 Å². The quantitative estimate of drug-likeness (QED) is 0.398. The molecule has 0 aromatic carbocycles. The maximum atomic E-state index is 11.1. The van der Waals surface area contributed by atoms with E-state index in [1.807, 2.05) is 0 Å². The van der Waals surface area contributed by atoms with E-state index in [-0.39, 0.29) is 11.7 Å². The fraction of sp³-hybridized carbons (Fsp3) is 0.571. The molecule has 0 unspecified atom stereocenters. The van der Waals surface area contributed by atoms with E-state index in [9.17, 15) is 4.79 Å². The van der Waals surface area contributed by atoms with Crippen LogP contribution in [0.25, 0.3) is 0 Å². The molecule has 1 heterocycles. The Morgan fingerprint density at radius 2 is 2.30 bits per heavy atom. The number of hydrogen-bond acceptors (Lipinski definition) is 2. The Morgan fingerprint density at radius 1 is 1.70 bits per heavy atom. The van der Waals surface area contributed by atoms with Crippen molar-refractivity contribution in [2.24, 2.45) is 0 Å². The highest BCUT2D eigenvalue weighted by atomic mass is 16.3. The van der Waals surface area contributed by atoms with Crippen LogP contribution in [-0.2, 0) is 4.79 Å². The van der Waals surface area contributed by atoms with E-state index >= 15 is 0 Å². The van der Waals surface area contributed by atoms with Crippen molar-refractivity contribution in [2.75, 3.05) is 13.6 Å². The molecule has 0 aliphatic carbocycles. The molecule has 1 fully saturated rings. The zero-order valence-electron chi connectivity index (χ0n) is 6.22. The molecule has 0 aromatic rings. The molecule has 1 N–H and O–H groups in total. The third kappa shape index (κ3) is 0.988. The largest absolute Gasteiger partial charge is 0.512 e. The van der Waals surface area contributed by atoms with Crippen molar-refractivity contribution >= 4 is 5.91 Å². The summed E-state index contributed by atoms with van der Waals surface area (Å²) in [6, 6.07) is 0. The first-order chi connectivity index (χ1) is 4.63. The Labute approximate surface area is 59.9 Å². The molecule has 0 aromatic heterocycles. The summed E-state index contributed by atoms with van der Waals surface area (Å²) in [7, 11) is 1.73. The van der Waals surface area contributed by atoms with Crippen molar-refractivity contribution in [2.45, 2.75) is 13.3 Å². The first kappa shape index (κ1) is 7.12. The molecule has 56 valence electrons. The lowest BCUT2D eigenvalue weighted by Gasteiger charge is -2.04.